The molecule has 21 heavy (non-hydrogen) atoms. The summed E-state index contributed by atoms with van der Waals surface area (Å²) in [6.45, 7) is 0.334. The van der Waals surface area contributed by atoms with Crippen molar-refractivity contribution in [2.45, 2.75) is 6.42 Å². The van der Waals surface area contributed by atoms with Crippen LogP contribution in [0.4, 0.5) is 23.7 Å². The maximum Gasteiger partial charge on any atom is 0.319 e. The molecule has 2 N–H and O–H groups in total. The molecule has 0 aromatic heterocycles. The standard InChI is InChI=1S/C15H13F3N2O/c16-11-6-7-12(14(18)13(11)17)20-15(21)19-9-8-10-4-2-1-3-5-10/h1-7H,8-9H2,(H2,19,20,21). The summed E-state index contributed by atoms with van der Waals surface area (Å²) in [6, 6.07) is 10.5. The van der Waals surface area contributed by atoms with E-state index in [1.54, 1.807) is 0 Å². The molecule has 0 saturated carbocycles. The predicted molar refractivity (Wildman–Crippen MR) is 73.5 cm³/mol. The predicted octanol–water partition coefficient (Wildman–Crippen LogP) is 3.47. The van der Waals surface area contributed by atoms with Crippen LogP contribution in [0.3, 0.4) is 0 Å². The smallest absolute Gasteiger partial charge is 0.319 e. The Bertz CT molecular complexity index is 632. The normalized spacial score (nSPS) is 10.2. The summed E-state index contributed by atoms with van der Waals surface area (Å²) < 4.78 is 39.1. The molecular weight excluding hydrogens is 281 g/mol. The van der Waals surface area contributed by atoms with Crippen LogP contribution in [0.5, 0.6) is 0 Å². The van der Waals surface area contributed by atoms with Gasteiger partial charge in [-0.3, -0.25) is 0 Å². The molecule has 0 heterocycles. The van der Waals surface area contributed by atoms with E-state index in [1.807, 2.05) is 30.3 Å². The molecule has 0 saturated heterocycles. The number of urea groups is 1. The summed E-state index contributed by atoms with van der Waals surface area (Å²) in [4.78, 5) is 11.5. The minimum Gasteiger partial charge on any atom is -0.338 e. The Balaban J connectivity index is 1.86. The fourth-order valence-corrected chi connectivity index (χ4v) is 1.75. The molecule has 6 heteroatoms. The van der Waals surface area contributed by atoms with E-state index in [-0.39, 0.29) is 0 Å². The lowest BCUT2D eigenvalue weighted by Gasteiger charge is -2.09. The van der Waals surface area contributed by atoms with Gasteiger partial charge < -0.3 is 10.6 Å². The Morgan fingerprint density at radius 3 is 2.38 bits per heavy atom. The van der Waals surface area contributed by atoms with Crippen LogP contribution in [0.1, 0.15) is 5.56 Å². The molecule has 0 bridgehead atoms. The van der Waals surface area contributed by atoms with Gasteiger partial charge in [0.25, 0.3) is 0 Å². The van der Waals surface area contributed by atoms with E-state index in [2.05, 4.69) is 10.6 Å². The van der Waals surface area contributed by atoms with Crippen molar-refractivity contribution in [3.8, 4) is 0 Å². The number of hydrogen-bond acceptors (Lipinski definition) is 1. The zero-order valence-corrected chi connectivity index (χ0v) is 11.0. The monoisotopic (exact) mass is 294 g/mol. The molecule has 0 atom stereocenters. The number of carbonyl (C=O) groups excluding carboxylic acids is 1. The molecule has 2 aromatic rings. The first-order valence-corrected chi connectivity index (χ1v) is 6.30. The second-order valence-corrected chi connectivity index (χ2v) is 4.34. The third kappa shape index (κ3) is 3.98. The van der Waals surface area contributed by atoms with Crippen molar-refractivity contribution >= 4 is 11.7 Å². The molecule has 3 nitrogen and oxygen atoms in total. The summed E-state index contributed by atoms with van der Waals surface area (Å²) in [5.41, 5.74) is 0.628. The van der Waals surface area contributed by atoms with Gasteiger partial charge in [-0.1, -0.05) is 30.3 Å². The first-order chi connectivity index (χ1) is 10.1. The fourth-order valence-electron chi connectivity index (χ4n) is 1.75. The van der Waals surface area contributed by atoms with E-state index >= 15 is 0 Å². The van der Waals surface area contributed by atoms with E-state index < -0.39 is 29.2 Å². The van der Waals surface area contributed by atoms with Crippen molar-refractivity contribution in [1.82, 2.24) is 5.32 Å². The first kappa shape index (κ1) is 14.9. The van der Waals surface area contributed by atoms with Gasteiger partial charge >= 0.3 is 6.03 Å². The SMILES string of the molecule is O=C(NCCc1ccccc1)Nc1ccc(F)c(F)c1F. The van der Waals surface area contributed by atoms with Crippen LogP contribution >= 0.6 is 0 Å². The maximum absolute atomic E-state index is 13.4. The minimum atomic E-state index is -1.61. The van der Waals surface area contributed by atoms with Crippen LogP contribution in [-0.2, 0) is 6.42 Å². The van der Waals surface area contributed by atoms with Crippen LogP contribution in [0.2, 0.25) is 0 Å². The molecule has 0 spiro atoms. The molecule has 110 valence electrons. The Hall–Kier alpha value is -2.50. The van der Waals surface area contributed by atoms with Gasteiger partial charge in [0.05, 0.1) is 5.69 Å². The largest absolute Gasteiger partial charge is 0.338 e. The average Bonchev–Trinajstić information content (AvgIpc) is 2.49. The van der Waals surface area contributed by atoms with Crippen molar-refractivity contribution < 1.29 is 18.0 Å². The first-order valence-electron chi connectivity index (χ1n) is 6.30. The number of anilines is 1. The number of rotatable bonds is 4. The minimum absolute atomic E-state index is 0.334. The van der Waals surface area contributed by atoms with Gasteiger partial charge in [0.15, 0.2) is 17.5 Å². The van der Waals surface area contributed by atoms with E-state index in [4.69, 9.17) is 0 Å². The lowest BCUT2D eigenvalue weighted by molar-refractivity contribution is 0.252. The number of benzene rings is 2. The van der Waals surface area contributed by atoms with Crippen LogP contribution in [0.15, 0.2) is 42.5 Å². The second-order valence-electron chi connectivity index (χ2n) is 4.34. The molecule has 0 aliphatic rings. The number of carbonyl (C=O) groups is 1. The zero-order valence-electron chi connectivity index (χ0n) is 11.0. The number of amides is 2. The molecular formula is C15H13F3N2O. The highest BCUT2D eigenvalue weighted by atomic mass is 19.2. The Kier molecular flexibility index (Phi) is 4.81. The highest BCUT2D eigenvalue weighted by molar-refractivity contribution is 5.89. The Morgan fingerprint density at radius 2 is 1.67 bits per heavy atom. The lowest BCUT2D eigenvalue weighted by Crippen LogP contribution is -2.30. The van der Waals surface area contributed by atoms with Crippen LogP contribution in [0.25, 0.3) is 0 Å². The van der Waals surface area contributed by atoms with E-state index in [9.17, 15) is 18.0 Å². The number of halogens is 3. The van der Waals surface area contributed by atoms with Crippen LogP contribution in [0, 0.1) is 17.5 Å². The van der Waals surface area contributed by atoms with Gasteiger partial charge in [-0.15, -0.1) is 0 Å². The highest BCUT2D eigenvalue weighted by Gasteiger charge is 2.14. The summed E-state index contributed by atoms with van der Waals surface area (Å²) in [5.74, 6) is -4.34. The van der Waals surface area contributed by atoms with Gasteiger partial charge in [-0.05, 0) is 24.1 Å². The fraction of sp³-hybridized carbons (Fsp3) is 0.133. The lowest BCUT2D eigenvalue weighted by atomic mass is 10.1. The Morgan fingerprint density at radius 1 is 0.952 bits per heavy atom. The molecule has 0 radical (unpaired) electrons. The molecule has 0 fully saturated rings. The van der Waals surface area contributed by atoms with Crippen molar-refractivity contribution in [2.24, 2.45) is 0 Å². The summed E-state index contributed by atoms with van der Waals surface area (Å²) in [7, 11) is 0. The highest BCUT2D eigenvalue weighted by Crippen LogP contribution is 2.19. The quantitative estimate of drug-likeness (QED) is 0.833. The molecule has 2 aromatic carbocycles. The van der Waals surface area contributed by atoms with Crippen molar-refractivity contribution in [3.63, 3.8) is 0 Å². The van der Waals surface area contributed by atoms with Gasteiger partial charge in [0.2, 0.25) is 0 Å². The van der Waals surface area contributed by atoms with Gasteiger partial charge in [-0.25, -0.2) is 18.0 Å². The van der Waals surface area contributed by atoms with Crippen LogP contribution in [-0.4, -0.2) is 12.6 Å². The number of nitrogens with one attached hydrogen (secondary N) is 2. The van der Waals surface area contributed by atoms with Gasteiger partial charge in [-0.2, -0.15) is 0 Å². The summed E-state index contributed by atoms with van der Waals surface area (Å²) in [5, 5.41) is 4.64. The second kappa shape index (κ2) is 6.78. The van der Waals surface area contributed by atoms with Gasteiger partial charge in [0.1, 0.15) is 0 Å². The summed E-state index contributed by atoms with van der Waals surface area (Å²) >= 11 is 0. The third-order valence-corrected chi connectivity index (χ3v) is 2.83. The molecule has 2 amide bonds. The maximum atomic E-state index is 13.4. The van der Waals surface area contributed by atoms with Gasteiger partial charge in [0, 0.05) is 6.54 Å². The zero-order chi connectivity index (χ0) is 15.2. The van der Waals surface area contributed by atoms with Crippen molar-refractivity contribution in [3.05, 3.63) is 65.5 Å². The average molecular weight is 294 g/mol. The van der Waals surface area contributed by atoms with E-state index in [0.717, 1.165) is 17.7 Å². The van der Waals surface area contributed by atoms with E-state index in [1.165, 1.54) is 0 Å². The van der Waals surface area contributed by atoms with Crippen molar-refractivity contribution in [2.75, 3.05) is 11.9 Å². The topological polar surface area (TPSA) is 41.1 Å². The third-order valence-electron chi connectivity index (χ3n) is 2.83. The molecule has 2 rings (SSSR count). The van der Waals surface area contributed by atoms with Crippen LogP contribution < -0.4 is 10.6 Å². The Labute approximate surface area is 119 Å². The summed E-state index contributed by atoms with van der Waals surface area (Å²) in [6.07, 6.45) is 0.606. The van der Waals surface area contributed by atoms with E-state index in [0.29, 0.717) is 13.0 Å². The van der Waals surface area contributed by atoms with Crippen molar-refractivity contribution in [1.29, 1.82) is 0 Å². The molecule has 0 unspecified atom stereocenters. The molecule has 0 aliphatic carbocycles. The number of hydrogen-bond donors (Lipinski definition) is 2. The molecule has 0 aliphatic heterocycles.